The van der Waals surface area contributed by atoms with Crippen molar-refractivity contribution in [1.82, 2.24) is 14.5 Å². The maximum absolute atomic E-state index is 6.52. The second-order valence-corrected chi connectivity index (χ2v) is 14.5. The summed E-state index contributed by atoms with van der Waals surface area (Å²) in [6.45, 7) is 10.6. The average Bonchev–Trinajstić information content (AvgIpc) is 3.53. The molecule has 3 aromatic heterocycles. The first kappa shape index (κ1) is 36.9. The molecular weight excluding hydrogens is 866 g/mol. The van der Waals surface area contributed by atoms with E-state index in [0.717, 1.165) is 61.1 Å². The Morgan fingerprint density at radius 2 is 1.21 bits per heavy atom. The van der Waals surface area contributed by atoms with Crippen molar-refractivity contribution >= 4 is 21.8 Å². The standard InChI is InChI=1S/C51H39N3O.Pt/c1-32-14-21-44(34(3)24-32)46-29-48(52-31-36(46)5)41-12-9-13-42(26-41)55-43-20-22-45-47-27-40(39-17-15-38(16-18-39)37-10-7-6-8-11-37)19-23-49(47)54(50(45)28-43)51-25-33(2)35(4)30-53-51;/h6-25,27,29-31H,1-5H3;/q-2;+2. The molecular formula is C51H39N3OPt. The normalized spacial score (nSPS) is 11.2. The molecule has 56 heavy (non-hydrogen) atoms. The Balaban J connectivity index is 0.00000441. The van der Waals surface area contributed by atoms with Gasteiger partial charge < -0.3 is 14.3 Å². The number of pyridine rings is 2. The zero-order valence-electron chi connectivity index (χ0n) is 31.9. The molecule has 0 N–H and O–H groups in total. The fraction of sp³-hybridized carbons (Fsp3) is 0.0980. The number of hydrogen-bond donors (Lipinski definition) is 0. The molecule has 5 heteroatoms. The van der Waals surface area contributed by atoms with Crippen molar-refractivity contribution in [3.05, 3.63) is 186 Å². The van der Waals surface area contributed by atoms with Gasteiger partial charge in [-0.1, -0.05) is 108 Å². The summed E-state index contributed by atoms with van der Waals surface area (Å²) in [7, 11) is 0. The third kappa shape index (κ3) is 6.98. The largest absolute Gasteiger partial charge is 2.00 e. The molecule has 274 valence electrons. The fourth-order valence-corrected chi connectivity index (χ4v) is 7.47. The summed E-state index contributed by atoms with van der Waals surface area (Å²) < 4.78 is 8.71. The maximum Gasteiger partial charge on any atom is 2.00 e. The smallest absolute Gasteiger partial charge is 0.503 e. The molecule has 0 aliphatic heterocycles. The van der Waals surface area contributed by atoms with Gasteiger partial charge in [-0.2, -0.15) is 6.07 Å². The van der Waals surface area contributed by atoms with Gasteiger partial charge in [0, 0.05) is 29.4 Å². The molecule has 0 spiro atoms. The SMILES string of the molecule is Cc1ccc(-c2cc(-c3[c-]c(Oc4[c-]c5c(cc4)c4cc(-c6ccc(-c7ccccc7)cc6)ccc4n5-c4cc(C)c(C)cn4)ccc3)ncc2C)c(C)c1.[Pt+2]. The molecule has 9 rings (SSSR count). The molecule has 4 nitrogen and oxygen atoms in total. The molecule has 0 amide bonds. The van der Waals surface area contributed by atoms with Gasteiger partial charge in [0.15, 0.2) is 0 Å². The Kier molecular flexibility index (Phi) is 10.0. The van der Waals surface area contributed by atoms with Crippen molar-refractivity contribution in [3.63, 3.8) is 0 Å². The van der Waals surface area contributed by atoms with Crippen LogP contribution in [-0.2, 0) is 21.1 Å². The topological polar surface area (TPSA) is 39.9 Å². The summed E-state index contributed by atoms with van der Waals surface area (Å²) in [5.74, 6) is 2.03. The Bertz CT molecular complexity index is 2890. The summed E-state index contributed by atoms with van der Waals surface area (Å²) >= 11 is 0. The molecule has 0 fully saturated rings. The van der Waals surface area contributed by atoms with Crippen molar-refractivity contribution in [2.75, 3.05) is 0 Å². The van der Waals surface area contributed by atoms with Crippen molar-refractivity contribution in [2.45, 2.75) is 34.6 Å². The van der Waals surface area contributed by atoms with Crippen molar-refractivity contribution in [2.24, 2.45) is 0 Å². The van der Waals surface area contributed by atoms with Crippen LogP contribution in [0.15, 0.2) is 146 Å². The maximum atomic E-state index is 6.52. The quantitative estimate of drug-likeness (QED) is 0.150. The van der Waals surface area contributed by atoms with E-state index in [-0.39, 0.29) is 21.1 Å². The predicted octanol–water partition coefficient (Wildman–Crippen LogP) is 13.2. The van der Waals surface area contributed by atoms with E-state index < -0.39 is 0 Å². The van der Waals surface area contributed by atoms with E-state index in [2.05, 4.69) is 154 Å². The van der Waals surface area contributed by atoms with Crippen LogP contribution < -0.4 is 4.74 Å². The van der Waals surface area contributed by atoms with Crippen LogP contribution in [0.1, 0.15) is 27.8 Å². The van der Waals surface area contributed by atoms with E-state index in [0.29, 0.717) is 11.5 Å². The van der Waals surface area contributed by atoms with Gasteiger partial charge in [0.25, 0.3) is 0 Å². The van der Waals surface area contributed by atoms with Crippen LogP contribution in [0, 0.1) is 46.8 Å². The fourth-order valence-electron chi connectivity index (χ4n) is 7.47. The molecule has 0 atom stereocenters. The molecule has 0 bridgehead atoms. The monoisotopic (exact) mass is 904 g/mol. The third-order valence-electron chi connectivity index (χ3n) is 10.6. The van der Waals surface area contributed by atoms with Crippen LogP contribution in [0.25, 0.3) is 72.3 Å². The Morgan fingerprint density at radius 3 is 1.98 bits per heavy atom. The summed E-state index contributed by atoms with van der Waals surface area (Å²) in [6, 6.07) is 54.0. The minimum atomic E-state index is 0. The first-order valence-corrected chi connectivity index (χ1v) is 18.6. The summed E-state index contributed by atoms with van der Waals surface area (Å²) in [6.07, 6.45) is 3.88. The van der Waals surface area contributed by atoms with Crippen molar-refractivity contribution in [1.29, 1.82) is 0 Å². The van der Waals surface area contributed by atoms with E-state index in [1.807, 2.05) is 42.7 Å². The number of aromatic nitrogens is 3. The second kappa shape index (κ2) is 15.2. The van der Waals surface area contributed by atoms with Gasteiger partial charge in [-0.25, -0.2) is 4.98 Å². The van der Waals surface area contributed by atoms with Gasteiger partial charge in [-0.05, 0) is 113 Å². The minimum absolute atomic E-state index is 0. The van der Waals surface area contributed by atoms with Crippen LogP contribution in [0.2, 0.25) is 0 Å². The van der Waals surface area contributed by atoms with Gasteiger partial charge in [-0.15, -0.1) is 41.3 Å². The molecule has 3 heterocycles. The van der Waals surface area contributed by atoms with Crippen LogP contribution in [0.5, 0.6) is 11.5 Å². The summed E-state index contributed by atoms with van der Waals surface area (Å²) in [5, 5.41) is 2.20. The van der Waals surface area contributed by atoms with Gasteiger partial charge in [-0.3, -0.25) is 0 Å². The van der Waals surface area contributed by atoms with Crippen molar-refractivity contribution in [3.8, 4) is 62.0 Å². The minimum Gasteiger partial charge on any atom is -0.503 e. The molecule has 0 radical (unpaired) electrons. The molecule has 0 saturated heterocycles. The van der Waals surface area contributed by atoms with Gasteiger partial charge in [0.05, 0.1) is 0 Å². The summed E-state index contributed by atoms with van der Waals surface area (Å²) in [5.41, 5.74) is 16.7. The number of nitrogens with zero attached hydrogens (tertiary/aromatic N) is 3. The number of fused-ring (bicyclic) bond motifs is 3. The first-order valence-electron chi connectivity index (χ1n) is 18.6. The predicted molar refractivity (Wildman–Crippen MR) is 226 cm³/mol. The number of hydrogen-bond acceptors (Lipinski definition) is 3. The first-order chi connectivity index (χ1) is 26.8. The number of aryl methyl sites for hydroxylation is 5. The van der Waals surface area contributed by atoms with Crippen molar-refractivity contribution < 1.29 is 25.8 Å². The van der Waals surface area contributed by atoms with E-state index in [9.17, 15) is 0 Å². The average molecular weight is 905 g/mol. The number of benzene rings is 6. The zero-order chi connectivity index (χ0) is 37.6. The molecule has 0 saturated carbocycles. The zero-order valence-corrected chi connectivity index (χ0v) is 34.2. The van der Waals surface area contributed by atoms with E-state index in [1.54, 1.807) is 0 Å². The number of rotatable bonds is 7. The van der Waals surface area contributed by atoms with Gasteiger partial charge in [0.1, 0.15) is 5.82 Å². The van der Waals surface area contributed by atoms with Crippen LogP contribution in [-0.4, -0.2) is 14.5 Å². The molecule has 0 aliphatic carbocycles. The van der Waals surface area contributed by atoms with E-state index in [1.165, 1.54) is 38.9 Å². The Morgan fingerprint density at radius 1 is 0.500 bits per heavy atom. The second-order valence-electron chi connectivity index (χ2n) is 14.5. The molecule has 6 aromatic carbocycles. The van der Waals surface area contributed by atoms with Crippen LogP contribution in [0.3, 0.4) is 0 Å². The Labute approximate surface area is 342 Å². The van der Waals surface area contributed by atoms with Gasteiger partial charge >= 0.3 is 21.1 Å². The van der Waals surface area contributed by atoms with Gasteiger partial charge in [0.2, 0.25) is 0 Å². The third-order valence-corrected chi connectivity index (χ3v) is 10.6. The molecule has 9 aromatic rings. The van der Waals surface area contributed by atoms with Crippen LogP contribution in [0.4, 0.5) is 0 Å². The summed E-state index contributed by atoms with van der Waals surface area (Å²) in [4.78, 5) is 9.69. The van der Waals surface area contributed by atoms with E-state index in [4.69, 9.17) is 14.7 Å². The van der Waals surface area contributed by atoms with E-state index >= 15 is 0 Å². The number of ether oxygens (including phenoxy) is 1. The Hall–Kier alpha value is -6.09. The molecule has 0 unspecified atom stereocenters. The van der Waals surface area contributed by atoms with Crippen LogP contribution >= 0.6 is 0 Å². The molecule has 0 aliphatic rings.